The van der Waals surface area contributed by atoms with Crippen molar-refractivity contribution in [1.29, 1.82) is 0 Å². The molecule has 0 saturated heterocycles. The smallest absolute Gasteiger partial charge is 0.301 e. The van der Waals surface area contributed by atoms with E-state index in [0.29, 0.717) is 0 Å². The van der Waals surface area contributed by atoms with E-state index in [1.54, 1.807) is 0 Å². The zero-order valence-corrected chi connectivity index (χ0v) is 15.2. The van der Waals surface area contributed by atoms with Gasteiger partial charge in [-0.25, -0.2) is 0 Å². The monoisotopic (exact) mass is 429 g/mol. The first-order valence-corrected chi connectivity index (χ1v) is 8.40. The summed E-state index contributed by atoms with van der Waals surface area (Å²) >= 11 is 3.38. The molecule has 0 amide bonds. The summed E-state index contributed by atoms with van der Waals surface area (Å²) in [4.78, 5) is 20.5. The molecule has 1 heterocycles. The van der Waals surface area contributed by atoms with Crippen LogP contribution in [0.5, 0.6) is 0 Å². The van der Waals surface area contributed by atoms with Crippen molar-refractivity contribution in [1.82, 2.24) is 4.57 Å². The van der Waals surface area contributed by atoms with E-state index in [9.17, 15) is 20.2 Å². The van der Waals surface area contributed by atoms with Crippen LogP contribution in [0.4, 0.5) is 17.1 Å². The number of anilines is 1. The van der Waals surface area contributed by atoms with Gasteiger partial charge in [0.1, 0.15) is 5.69 Å². The molecule has 27 heavy (non-hydrogen) atoms. The fourth-order valence-corrected chi connectivity index (χ4v) is 2.65. The maximum absolute atomic E-state index is 11.1. The van der Waals surface area contributed by atoms with Gasteiger partial charge in [0.05, 0.1) is 27.8 Å². The first kappa shape index (κ1) is 18.3. The Morgan fingerprint density at radius 2 is 1.78 bits per heavy atom. The summed E-state index contributed by atoms with van der Waals surface area (Å²) in [6.07, 6.45) is 3.37. The molecule has 3 rings (SSSR count). The number of nitrogens with one attached hydrogen (secondary N) is 1. The lowest BCUT2D eigenvalue weighted by molar-refractivity contribution is -0.393. The minimum atomic E-state index is -0.699. The van der Waals surface area contributed by atoms with E-state index in [0.717, 1.165) is 21.9 Å². The highest BCUT2D eigenvalue weighted by Gasteiger charge is 2.19. The van der Waals surface area contributed by atoms with Crippen molar-refractivity contribution in [2.45, 2.75) is 0 Å². The quantitative estimate of drug-likeness (QED) is 0.351. The molecular formula is C17H12BrN5O4. The molecule has 10 heteroatoms. The fourth-order valence-electron chi connectivity index (χ4n) is 2.38. The molecule has 0 unspecified atom stereocenters. The molecule has 0 aliphatic heterocycles. The van der Waals surface area contributed by atoms with Gasteiger partial charge in [0, 0.05) is 22.4 Å². The highest BCUT2D eigenvalue weighted by Crippen LogP contribution is 2.28. The summed E-state index contributed by atoms with van der Waals surface area (Å²) in [6, 6.07) is 14.7. The molecule has 3 aromatic rings. The van der Waals surface area contributed by atoms with Gasteiger partial charge in [0.25, 0.3) is 5.69 Å². The third-order valence-corrected chi connectivity index (χ3v) is 4.18. The average molecular weight is 430 g/mol. The Kier molecular flexibility index (Phi) is 5.27. The molecule has 0 aliphatic carbocycles. The van der Waals surface area contributed by atoms with Gasteiger partial charge >= 0.3 is 5.69 Å². The number of nitrogens with zero attached hydrogens (tertiary/aromatic N) is 4. The van der Waals surface area contributed by atoms with Gasteiger partial charge in [-0.1, -0.05) is 15.9 Å². The van der Waals surface area contributed by atoms with E-state index in [4.69, 9.17) is 0 Å². The summed E-state index contributed by atoms with van der Waals surface area (Å²) in [7, 11) is 0. The molecule has 0 spiro atoms. The number of aromatic nitrogens is 1. The second-order valence-electron chi connectivity index (χ2n) is 5.37. The van der Waals surface area contributed by atoms with Crippen LogP contribution in [0.25, 0.3) is 5.69 Å². The lowest BCUT2D eigenvalue weighted by atomic mass is 10.2. The number of benzene rings is 2. The minimum Gasteiger partial charge on any atom is -0.316 e. The zero-order chi connectivity index (χ0) is 19.4. The Morgan fingerprint density at radius 3 is 2.44 bits per heavy atom. The summed E-state index contributed by atoms with van der Waals surface area (Å²) in [5.74, 6) is 0. The Morgan fingerprint density at radius 1 is 1.04 bits per heavy atom. The Bertz CT molecular complexity index is 1030. The molecule has 0 saturated carbocycles. The fraction of sp³-hybridized carbons (Fsp3) is 0. The normalized spacial score (nSPS) is 10.9. The van der Waals surface area contributed by atoms with E-state index in [1.807, 2.05) is 47.2 Å². The largest absolute Gasteiger partial charge is 0.316 e. The van der Waals surface area contributed by atoms with Crippen LogP contribution in [0.3, 0.4) is 0 Å². The molecule has 2 aromatic carbocycles. The average Bonchev–Trinajstić information content (AvgIpc) is 3.10. The Labute approximate surface area is 161 Å². The number of halogens is 1. The van der Waals surface area contributed by atoms with Gasteiger partial charge in [-0.15, -0.1) is 0 Å². The second kappa shape index (κ2) is 7.79. The molecule has 1 N–H and O–H groups in total. The van der Waals surface area contributed by atoms with Crippen molar-refractivity contribution in [2.24, 2.45) is 5.10 Å². The molecule has 1 aromatic heterocycles. The second-order valence-corrected chi connectivity index (χ2v) is 6.28. The maximum atomic E-state index is 11.1. The summed E-state index contributed by atoms with van der Waals surface area (Å²) in [5, 5.41) is 25.9. The van der Waals surface area contributed by atoms with Crippen LogP contribution in [-0.2, 0) is 0 Å². The SMILES string of the molecule is O=[N+]([O-])c1ccc(N/N=C\c2cccn2-c2ccc(Br)cc2)c([N+](=O)[O-])c1. The van der Waals surface area contributed by atoms with Gasteiger partial charge < -0.3 is 4.57 Å². The number of rotatable bonds is 6. The highest BCUT2D eigenvalue weighted by molar-refractivity contribution is 9.10. The highest BCUT2D eigenvalue weighted by atomic mass is 79.9. The van der Waals surface area contributed by atoms with Crippen molar-refractivity contribution < 1.29 is 9.85 Å². The summed E-state index contributed by atoms with van der Waals surface area (Å²) in [6.45, 7) is 0. The topological polar surface area (TPSA) is 116 Å². The van der Waals surface area contributed by atoms with Crippen molar-refractivity contribution in [3.05, 3.63) is 91.2 Å². The molecule has 0 atom stereocenters. The van der Waals surface area contributed by atoms with Crippen LogP contribution >= 0.6 is 15.9 Å². The first-order chi connectivity index (χ1) is 13.0. The van der Waals surface area contributed by atoms with Gasteiger partial charge in [0.15, 0.2) is 0 Å². The van der Waals surface area contributed by atoms with Gasteiger partial charge in [0.2, 0.25) is 0 Å². The zero-order valence-electron chi connectivity index (χ0n) is 13.7. The molecule has 0 aliphatic rings. The lowest BCUT2D eigenvalue weighted by Gasteiger charge is -2.06. The molecule has 136 valence electrons. The Balaban J connectivity index is 1.83. The summed E-state index contributed by atoms with van der Waals surface area (Å²) in [5.41, 5.74) is 3.51. The van der Waals surface area contributed by atoms with Crippen LogP contribution in [0, 0.1) is 20.2 Å². The van der Waals surface area contributed by atoms with Crippen molar-refractivity contribution >= 4 is 39.2 Å². The number of hydrogen-bond acceptors (Lipinski definition) is 6. The van der Waals surface area contributed by atoms with E-state index < -0.39 is 15.5 Å². The standard InChI is InChI=1S/C17H12BrN5O4/c18-12-3-5-13(6-4-12)21-9-1-2-15(21)11-19-20-16-8-7-14(22(24)25)10-17(16)23(26)27/h1-11,20H/b19-11-. The molecular weight excluding hydrogens is 418 g/mol. The summed E-state index contributed by atoms with van der Waals surface area (Å²) < 4.78 is 2.85. The van der Waals surface area contributed by atoms with Crippen LogP contribution in [0.2, 0.25) is 0 Å². The van der Waals surface area contributed by atoms with Crippen molar-refractivity contribution in [3.8, 4) is 5.69 Å². The molecule has 0 radical (unpaired) electrons. The third-order valence-electron chi connectivity index (χ3n) is 3.66. The molecule has 0 bridgehead atoms. The Hall–Kier alpha value is -3.53. The van der Waals surface area contributed by atoms with E-state index in [1.165, 1.54) is 18.3 Å². The van der Waals surface area contributed by atoms with E-state index >= 15 is 0 Å². The number of hydrazone groups is 1. The number of nitro benzene ring substituents is 2. The number of hydrogen-bond donors (Lipinski definition) is 1. The van der Waals surface area contributed by atoms with Gasteiger partial charge in [-0.05, 0) is 42.5 Å². The van der Waals surface area contributed by atoms with Crippen LogP contribution < -0.4 is 5.43 Å². The van der Waals surface area contributed by atoms with Crippen LogP contribution in [0.1, 0.15) is 5.69 Å². The number of nitro groups is 2. The van der Waals surface area contributed by atoms with E-state index in [2.05, 4.69) is 26.5 Å². The molecule has 9 nitrogen and oxygen atoms in total. The first-order valence-electron chi connectivity index (χ1n) is 7.61. The van der Waals surface area contributed by atoms with E-state index in [-0.39, 0.29) is 11.4 Å². The van der Waals surface area contributed by atoms with Crippen LogP contribution in [-0.4, -0.2) is 20.6 Å². The number of non-ortho nitro benzene ring substituents is 1. The van der Waals surface area contributed by atoms with Gasteiger partial charge in [-0.2, -0.15) is 5.10 Å². The van der Waals surface area contributed by atoms with Crippen LogP contribution in [0.15, 0.2) is 70.4 Å². The lowest BCUT2D eigenvalue weighted by Crippen LogP contribution is -2.01. The predicted octanol–water partition coefficient (Wildman–Crippen LogP) is 4.50. The minimum absolute atomic E-state index is 0.0589. The van der Waals surface area contributed by atoms with Gasteiger partial charge in [-0.3, -0.25) is 25.7 Å². The maximum Gasteiger partial charge on any atom is 0.301 e. The third kappa shape index (κ3) is 4.18. The molecule has 0 fully saturated rings. The van der Waals surface area contributed by atoms with Crippen molar-refractivity contribution in [2.75, 3.05) is 5.43 Å². The van der Waals surface area contributed by atoms with Crippen molar-refractivity contribution in [3.63, 3.8) is 0 Å². The predicted molar refractivity (Wildman–Crippen MR) is 104 cm³/mol.